The third-order valence-corrected chi connectivity index (χ3v) is 3.55. The van der Waals surface area contributed by atoms with Crippen LogP contribution in [0.25, 0.3) is 0 Å². The topological polar surface area (TPSA) is 0 Å². The van der Waals surface area contributed by atoms with E-state index >= 15 is 0 Å². The number of hydrogen-bond donors (Lipinski definition) is 0. The molecule has 0 nitrogen and oxygen atoms in total. The van der Waals surface area contributed by atoms with Crippen LogP contribution in [0.3, 0.4) is 0 Å². The van der Waals surface area contributed by atoms with Crippen molar-refractivity contribution in [3.8, 4) is 0 Å². The van der Waals surface area contributed by atoms with Crippen LogP contribution in [0.4, 0.5) is 0 Å². The van der Waals surface area contributed by atoms with Gasteiger partial charge in [-0.1, -0.05) is 38.3 Å². The van der Waals surface area contributed by atoms with Crippen molar-refractivity contribution < 1.29 is 26.2 Å². The summed E-state index contributed by atoms with van der Waals surface area (Å²) in [5.74, 6) is 0.712. The molecule has 0 spiro atoms. The molecule has 0 saturated carbocycles. The summed E-state index contributed by atoms with van der Waals surface area (Å²) in [6.45, 7) is 11.9. The standard InChI is InChI=1S/C9H13.2C7H7.Zr/c1-3-8(2)9-6-4-5-7-9;2*1-7-5-3-2-4-6-7;/h4,6,8H,3,5H2,1-2H3;2*2-6H,1H2;/q3*-1;+3. The zero-order chi connectivity index (χ0) is 16.9. The molecule has 1 unspecified atom stereocenters. The Morgan fingerprint density at radius 2 is 1.38 bits per heavy atom. The predicted octanol–water partition coefficient (Wildman–Crippen LogP) is 6.46. The van der Waals surface area contributed by atoms with Crippen LogP contribution in [-0.2, 0) is 26.2 Å². The van der Waals surface area contributed by atoms with Crippen LogP contribution in [0.1, 0.15) is 37.8 Å². The summed E-state index contributed by atoms with van der Waals surface area (Å²) >= 11 is 0. The molecule has 1 heteroatoms. The zero-order valence-corrected chi connectivity index (χ0v) is 17.3. The molecule has 1 atom stereocenters. The van der Waals surface area contributed by atoms with Gasteiger partial charge in [0.25, 0.3) is 0 Å². The first kappa shape index (κ1) is 22.5. The normalized spacial score (nSPS) is 12.5. The van der Waals surface area contributed by atoms with Gasteiger partial charge in [0.15, 0.2) is 0 Å². The molecule has 2 aromatic carbocycles. The minimum atomic E-state index is 0. The van der Waals surface area contributed by atoms with Crippen molar-refractivity contribution in [1.29, 1.82) is 0 Å². The monoisotopic (exact) mass is 393 g/mol. The van der Waals surface area contributed by atoms with Gasteiger partial charge in [0.05, 0.1) is 0 Å². The summed E-state index contributed by atoms with van der Waals surface area (Å²) in [5.41, 5.74) is 3.54. The molecule has 0 aromatic heterocycles. The van der Waals surface area contributed by atoms with Crippen LogP contribution < -0.4 is 0 Å². The quantitative estimate of drug-likeness (QED) is 0.513. The Morgan fingerprint density at radius 1 is 0.917 bits per heavy atom. The molecule has 1 radical (unpaired) electrons. The predicted molar refractivity (Wildman–Crippen MR) is 102 cm³/mol. The third kappa shape index (κ3) is 10.3. The maximum atomic E-state index is 3.72. The number of allylic oxidation sites excluding steroid dienone is 4. The van der Waals surface area contributed by atoms with Crippen LogP contribution in [0.15, 0.2) is 78.4 Å². The van der Waals surface area contributed by atoms with Gasteiger partial charge in [0.1, 0.15) is 0 Å². The fourth-order valence-electron chi connectivity index (χ4n) is 1.94. The van der Waals surface area contributed by atoms with Gasteiger partial charge in [-0.2, -0.15) is 55.3 Å². The maximum Gasteiger partial charge on any atom is 3.00 e. The van der Waals surface area contributed by atoms with Crippen molar-refractivity contribution in [2.45, 2.75) is 26.7 Å². The van der Waals surface area contributed by atoms with Gasteiger partial charge in [-0.25, -0.2) is 11.6 Å². The average Bonchev–Trinajstić information content (AvgIpc) is 3.11. The first-order chi connectivity index (χ1) is 11.1. The fourth-order valence-corrected chi connectivity index (χ4v) is 1.94. The summed E-state index contributed by atoms with van der Waals surface area (Å²) in [4.78, 5) is 0. The van der Waals surface area contributed by atoms with Gasteiger partial charge in [-0.05, 0) is 0 Å². The van der Waals surface area contributed by atoms with Gasteiger partial charge >= 0.3 is 26.2 Å². The Bertz CT molecular complexity index is 544. The fraction of sp³-hybridized carbons (Fsp3) is 0.217. The Kier molecular flexibility index (Phi) is 13.1. The summed E-state index contributed by atoms with van der Waals surface area (Å²) < 4.78 is 0. The zero-order valence-electron chi connectivity index (χ0n) is 14.8. The average molecular weight is 395 g/mol. The van der Waals surface area contributed by atoms with E-state index in [1.807, 2.05) is 60.7 Å². The smallest absolute Gasteiger partial charge is 0.269 e. The molecule has 0 saturated heterocycles. The second-order valence-corrected chi connectivity index (χ2v) is 5.52. The van der Waals surface area contributed by atoms with E-state index in [-0.39, 0.29) is 26.2 Å². The largest absolute Gasteiger partial charge is 3.00 e. The summed E-state index contributed by atoms with van der Waals surface area (Å²) in [7, 11) is 0. The maximum absolute atomic E-state index is 3.72. The van der Waals surface area contributed by atoms with Crippen molar-refractivity contribution in [1.82, 2.24) is 0 Å². The van der Waals surface area contributed by atoms with E-state index in [4.69, 9.17) is 0 Å². The minimum Gasteiger partial charge on any atom is -0.269 e. The van der Waals surface area contributed by atoms with Crippen LogP contribution >= 0.6 is 0 Å². The Morgan fingerprint density at radius 3 is 1.62 bits per heavy atom. The molecule has 0 amide bonds. The van der Waals surface area contributed by atoms with Crippen molar-refractivity contribution in [3.63, 3.8) is 0 Å². The van der Waals surface area contributed by atoms with Crippen LogP contribution in [0.2, 0.25) is 0 Å². The van der Waals surface area contributed by atoms with Gasteiger partial charge in [-0.3, -0.25) is 6.08 Å². The Hall–Kier alpha value is -1.46. The van der Waals surface area contributed by atoms with Gasteiger partial charge in [-0.15, -0.1) is 30.7 Å². The molecule has 0 fully saturated rings. The molecule has 1 aliphatic carbocycles. The molecule has 2 aromatic rings. The number of hydrogen-bond acceptors (Lipinski definition) is 0. The molecule has 0 heterocycles. The first-order valence-electron chi connectivity index (χ1n) is 8.14. The number of rotatable bonds is 2. The molecule has 0 N–H and O–H groups in total. The van der Waals surface area contributed by atoms with E-state index in [1.54, 1.807) is 0 Å². The van der Waals surface area contributed by atoms with Crippen molar-refractivity contribution in [3.05, 3.63) is 109 Å². The second kappa shape index (κ2) is 13.9. The third-order valence-electron chi connectivity index (χ3n) is 3.55. The number of benzene rings is 2. The first-order valence-corrected chi connectivity index (χ1v) is 8.14. The van der Waals surface area contributed by atoms with E-state index in [0.717, 1.165) is 17.5 Å². The summed E-state index contributed by atoms with van der Waals surface area (Å²) in [6, 6.07) is 19.7. The summed E-state index contributed by atoms with van der Waals surface area (Å²) in [6.07, 6.45) is 9.93. The Labute approximate surface area is 167 Å². The molecule has 1 aliphatic rings. The van der Waals surface area contributed by atoms with E-state index in [2.05, 4.69) is 45.9 Å². The van der Waals surface area contributed by atoms with Crippen LogP contribution in [0, 0.1) is 25.8 Å². The van der Waals surface area contributed by atoms with E-state index < -0.39 is 0 Å². The van der Waals surface area contributed by atoms with Gasteiger partial charge in [0.2, 0.25) is 0 Å². The molecular formula is C23H27Zr. The molecule has 123 valence electrons. The van der Waals surface area contributed by atoms with E-state index in [9.17, 15) is 0 Å². The molecule has 3 rings (SSSR count). The van der Waals surface area contributed by atoms with Gasteiger partial charge in [0, 0.05) is 0 Å². The van der Waals surface area contributed by atoms with Crippen molar-refractivity contribution >= 4 is 0 Å². The van der Waals surface area contributed by atoms with Crippen molar-refractivity contribution in [2.24, 2.45) is 5.92 Å². The Balaban J connectivity index is 0.000000327. The molecule has 0 aliphatic heterocycles. The van der Waals surface area contributed by atoms with Crippen LogP contribution in [0.5, 0.6) is 0 Å². The SMILES string of the molecule is CCC(C)C1=[C-]CC=C1.[CH2-]c1ccccc1.[CH2-]c1ccccc1.[Zr+3]. The van der Waals surface area contributed by atoms with E-state index in [1.165, 1.54) is 12.0 Å². The van der Waals surface area contributed by atoms with Crippen LogP contribution in [-0.4, -0.2) is 0 Å². The molecule has 24 heavy (non-hydrogen) atoms. The second-order valence-electron chi connectivity index (χ2n) is 5.52. The van der Waals surface area contributed by atoms with E-state index in [0.29, 0.717) is 5.92 Å². The minimum absolute atomic E-state index is 0. The van der Waals surface area contributed by atoms with Gasteiger partial charge < -0.3 is 0 Å². The molecular weight excluding hydrogens is 367 g/mol. The van der Waals surface area contributed by atoms with Crippen molar-refractivity contribution in [2.75, 3.05) is 0 Å². The molecule has 0 bridgehead atoms. The summed E-state index contributed by atoms with van der Waals surface area (Å²) in [5, 5.41) is 0.